The molecule has 2 aromatic rings. The van der Waals surface area contributed by atoms with Gasteiger partial charge in [-0.05, 0) is 57.2 Å². The van der Waals surface area contributed by atoms with Crippen LogP contribution in [0, 0.1) is 19.8 Å². The van der Waals surface area contributed by atoms with E-state index in [2.05, 4.69) is 32.2 Å². The molecular formula is C24H30N4O2. The third kappa shape index (κ3) is 2.97. The van der Waals surface area contributed by atoms with Crippen molar-refractivity contribution >= 4 is 17.4 Å². The predicted molar refractivity (Wildman–Crippen MR) is 117 cm³/mol. The van der Waals surface area contributed by atoms with Crippen LogP contribution in [0.15, 0.2) is 30.3 Å². The zero-order valence-electron chi connectivity index (χ0n) is 17.8. The van der Waals surface area contributed by atoms with Crippen LogP contribution in [0.5, 0.6) is 0 Å². The average molecular weight is 407 g/mol. The number of Topliss-reactive ketones (excluding diaryl/α,β-unsaturated/α-hetero) is 1. The Kier molecular flexibility index (Phi) is 4.69. The standard InChI is InChI=1S/C24H30N4O2/c1-16-17(2)26-20-9-8-18(22(29)21(16)20)14-27-12-10-24(11-13-27)23(30)25-15-28(24)19-6-4-3-5-7-19/h3-7,18,26H,8-15H2,1-2H3,(H,25,30). The largest absolute Gasteiger partial charge is 0.362 e. The number of H-pyrrole nitrogens is 1. The lowest BCUT2D eigenvalue weighted by Crippen LogP contribution is -2.57. The minimum Gasteiger partial charge on any atom is -0.362 e. The van der Waals surface area contributed by atoms with Crippen LogP contribution in [0.4, 0.5) is 5.69 Å². The topological polar surface area (TPSA) is 68.4 Å². The molecule has 30 heavy (non-hydrogen) atoms. The number of carbonyl (C=O) groups is 2. The SMILES string of the molecule is Cc1[nH]c2c(c1C)C(=O)C(CN1CCC3(CC1)C(=O)NCN3c1ccccc1)CC2. The molecule has 6 nitrogen and oxygen atoms in total. The number of hydrogen-bond donors (Lipinski definition) is 2. The molecule has 3 heterocycles. The summed E-state index contributed by atoms with van der Waals surface area (Å²) >= 11 is 0. The van der Waals surface area contributed by atoms with E-state index < -0.39 is 5.54 Å². The number of hydrogen-bond acceptors (Lipinski definition) is 4. The summed E-state index contributed by atoms with van der Waals surface area (Å²) in [5, 5.41) is 3.06. The summed E-state index contributed by atoms with van der Waals surface area (Å²) in [4.78, 5) is 34.0. The van der Waals surface area contributed by atoms with Crippen molar-refractivity contribution in [3.63, 3.8) is 0 Å². The number of rotatable bonds is 3. The van der Waals surface area contributed by atoms with Crippen molar-refractivity contribution < 1.29 is 9.59 Å². The summed E-state index contributed by atoms with van der Waals surface area (Å²) in [6.45, 7) is 7.15. The Balaban J connectivity index is 1.28. The van der Waals surface area contributed by atoms with E-state index in [1.54, 1.807) is 0 Å². The molecule has 6 heteroatoms. The fourth-order valence-electron chi connectivity index (χ4n) is 5.60. The second-order valence-corrected chi connectivity index (χ2v) is 9.09. The van der Waals surface area contributed by atoms with Gasteiger partial charge in [-0.2, -0.15) is 0 Å². The van der Waals surface area contributed by atoms with Crippen molar-refractivity contribution in [3.05, 3.63) is 52.8 Å². The number of fused-ring (bicyclic) bond motifs is 1. The molecule has 1 atom stereocenters. The van der Waals surface area contributed by atoms with E-state index in [0.29, 0.717) is 12.5 Å². The molecule has 1 aromatic heterocycles. The fraction of sp³-hybridized carbons (Fsp3) is 0.500. The summed E-state index contributed by atoms with van der Waals surface area (Å²) in [6.07, 6.45) is 3.44. The molecule has 2 aliphatic heterocycles. The molecule has 2 N–H and O–H groups in total. The van der Waals surface area contributed by atoms with E-state index >= 15 is 0 Å². The number of likely N-dealkylation sites (tertiary alicyclic amines) is 1. The van der Waals surface area contributed by atoms with Crippen LogP contribution >= 0.6 is 0 Å². The number of aryl methyl sites for hydroxylation is 2. The van der Waals surface area contributed by atoms with Gasteiger partial charge in [0.1, 0.15) is 5.54 Å². The molecule has 1 aliphatic carbocycles. The number of amides is 1. The predicted octanol–water partition coefficient (Wildman–Crippen LogP) is 2.81. The first-order valence-electron chi connectivity index (χ1n) is 11.1. The number of anilines is 1. The molecule has 1 aromatic carbocycles. The molecule has 5 rings (SSSR count). The Morgan fingerprint density at radius 1 is 1.10 bits per heavy atom. The second-order valence-electron chi connectivity index (χ2n) is 9.09. The maximum atomic E-state index is 13.1. The van der Waals surface area contributed by atoms with Gasteiger partial charge in [0.05, 0.1) is 6.67 Å². The molecule has 1 amide bonds. The lowest BCUT2D eigenvalue weighted by atomic mass is 9.82. The van der Waals surface area contributed by atoms with Crippen molar-refractivity contribution in [1.82, 2.24) is 15.2 Å². The first-order valence-corrected chi connectivity index (χ1v) is 11.1. The highest BCUT2D eigenvalue weighted by Crippen LogP contribution is 2.37. The van der Waals surface area contributed by atoms with Crippen molar-refractivity contribution in [2.75, 3.05) is 31.2 Å². The van der Waals surface area contributed by atoms with Crippen LogP contribution in [0.25, 0.3) is 0 Å². The smallest absolute Gasteiger partial charge is 0.247 e. The van der Waals surface area contributed by atoms with E-state index in [0.717, 1.165) is 73.5 Å². The fourth-order valence-corrected chi connectivity index (χ4v) is 5.60. The molecule has 0 bridgehead atoms. The Morgan fingerprint density at radius 3 is 2.57 bits per heavy atom. The lowest BCUT2D eigenvalue weighted by molar-refractivity contribution is -0.125. The van der Waals surface area contributed by atoms with Gasteiger partial charge in [0.2, 0.25) is 5.91 Å². The van der Waals surface area contributed by atoms with E-state index in [9.17, 15) is 9.59 Å². The quantitative estimate of drug-likeness (QED) is 0.823. The molecule has 0 saturated carbocycles. The number of aromatic amines is 1. The average Bonchev–Trinajstić information content (AvgIpc) is 3.23. The molecule has 2 fully saturated rings. The van der Waals surface area contributed by atoms with Crippen molar-refractivity contribution in [2.45, 2.75) is 45.1 Å². The Labute approximate surface area is 177 Å². The molecule has 1 spiro atoms. The molecular weight excluding hydrogens is 376 g/mol. The van der Waals surface area contributed by atoms with Crippen LogP contribution in [-0.4, -0.2) is 53.4 Å². The Morgan fingerprint density at radius 2 is 1.83 bits per heavy atom. The van der Waals surface area contributed by atoms with Crippen molar-refractivity contribution in [2.24, 2.45) is 5.92 Å². The maximum Gasteiger partial charge on any atom is 0.247 e. The number of piperidine rings is 1. The highest BCUT2D eigenvalue weighted by atomic mass is 16.2. The number of ketones is 1. The number of aromatic nitrogens is 1. The zero-order valence-corrected chi connectivity index (χ0v) is 17.8. The van der Waals surface area contributed by atoms with Gasteiger partial charge in [-0.25, -0.2) is 0 Å². The summed E-state index contributed by atoms with van der Waals surface area (Å²) in [5.74, 6) is 0.494. The minimum atomic E-state index is -0.462. The lowest BCUT2D eigenvalue weighted by Gasteiger charge is -2.44. The number of nitrogens with one attached hydrogen (secondary N) is 2. The summed E-state index contributed by atoms with van der Waals surface area (Å²) in [7, 11) is 0. The third-order valence-corrected chi connectivity index (χ3v) is 7.50. The number of para-hydroxylation sites is 1. The van der Waals surface area contributed by atoms with Crippen LogP contribution in [0.3, 0.4) is 0 Å². The molecule has 158 valence electrons. The van der Waals surface area contributed by atoms with Crippen LogP contribution in [0.2, 0.25) is 0 Å². The summed E-state index contributed by atoms with van der Waals surface area (Å²) < 4.78 is 0. The highest BCUT2D eigenvalue weighted by molar-refractivity contribution is 6.01. The highest BCUT2D eigenvalue weighted by Gasteiger charge is 2.50. The maximum absolute atomic E-state index is 13.1. The van der Waals surface area contributed by atoms with E-state index in [1.165, 1.54) is 0 Å². The monoisotopic (exact) mass is 406 g/mol. The van der Waals surface area contributed by atoms with Gasteiger partial charge in [-0.1, -0.05) is 18.2 Å². The van der Waals surface area contributed by atoms with E-state index in [1.807, 2.05) is 32.0 Å². The van der Waals surface area contributed by atoms with Gasteiger partial charge in [-0.15, -0.1) is 0 Å². The molecule has 0 radical (unpaired) electrons. The first-order chi connectivity index (χ1) is 14.5. The van der Waals surface area contributed by atoms with Crippen LogP contribution in [0.1, 0.15) is 46.6 Å². The molecule has 1 unspecified atom stereocenters. The van der Waals surface area contributed by atoms with Crippen molar-refractivity contribution in [3.8, 4) is 0 Å². The van der Waals surface area contributed by atoms with Crippen LogP contribution in [-0.2, 0) is 11.2 Å². The Bertz CT molecular complexity index is 973. The van der Waals surface area contributed by atoms with Gasteiger partial charge in [-0.3, -0.25) is 9.59 Å². The number of nitrogens with zero attached hydrogens (tertiary/aromatic N) is 2. The zero-order chi connectivity index (χ0) is 20.9. The van der Waals surface area contributed by atoms with Gasteiger partial charge < -0.3 is 20.1 Å². The molecule has 3 aliphatic rings. The summed E-state index contributed by atoms with van der Waals surface area (Å²) in [5.41, 5.74) is 4.90. The normalized spacial score (nSPS) is 23.7. The van der Waals surface area contributed by atoms with Crippen molar-refractivity contribution in [1.29, 1.82) is 0 Å². The third-order valence-electron chi connectivity index (χ3n) is 7.50. The van der Waals surface area contributed by atoms with Gasteiger partial charge in [0.25, 0.3) is 0 Å². The second kappa shape index (κ2) is 7.27. The van der Waals surface area contributed by atoms with E-state index in [-0.39, 0.29) is 11.8 Å². The first kappa shape index (κ1) is 19.4. The van der Waals surface area contributed by atoms with E-state index in [4.69, 9.17) is 0 Å². The number of benzene rings is 1. The van der Waals surface area contributed by atoms with Crippen LogP contribution < -0.4 is 10.2 Å². The molecule has 2 saturated heterocycles. The minimum absolute atomic E-state index is 0.0584. The summed E-state index contributed by atoms with van der Waals surface area (Å²) in [6, 6.07) is 10.2. The Hall–Kier alpha value is -2.60. The number of carbonyl (C=O) groups excluding carboxylic acids is 2. The van der Waals surface area contributed by atoms with Gasteiger partial charge in [0.15, 0.2) is 5.78 Å². The van der Waals surface area contributed by atoms with Gasteiger partial charge in [0, 0.05) is 48.2 Å². The van der Waals surface area contributed by atoms with Gasteiger partial charge >= 0.3 is 0 Å².